The van der Waals surface area contributed by atoms with Crippen molar-refractivity contribution in [3.63, 3.8) is 0 Å². The quantitative estimate of drug-likeness (QED) is 0.752. The minimum Gasteiger partial charge on any atom is -0.393 e. The summed E-state index contributed by atoms with van der Waals surface area (Å²) < 4.78 is 0. The topological polar surface area (TPSA) is 32.3 Å². The summed E-state index contributed by atoms with van der Waals surface area (Å²) >= 11 is 0. The molecule has 0 aromatic heterocycles. The van der Waals surface area contributed by atoms with Crippen molar-refractivity contribution < 1.29 is 5.11 Å². The molecule has 0 aliphatic heterocycles. The minimum absolute atomic E-state index is 0.0991. The fraction of sp³-hybridized carbons (Fsp3) is 0.500. The lowest BCUT2D eigenvalue weighted by atomic mass is 10.2. The zero-order valence-electron chi connectivity index (χ0n) is 8.53. The van der Waals surface area contributed by atoms with Crippen molar-refractivity contribution in [1.29, 1.82) is 0 Å². The number of benzene rings is 1. The average Bonchev–Trinajstić information content (AvgIpc) is 2.56. The van der Waals surface area contributed by atoms with Gasteiger partial charge in [-0.1, -0.05) is 17.7 Å². The maximum absolute atomic E-state index is 9.38. The van der Waals surface area contributed by atoms with Gasteiger partial charge in [0.2, 0.25) is 0 Å². The second kappa shape index (κ2) is 4.01. The summed E-state index contributed by atoms with van der Waals surface area (Å²) in [5.74, 6) is 0. The summed E-state index contributed by atoms with van der Waals surface area (Å²) in [5.41, 5.74) is 2.44. The van der Waals surface area contributed by atoms with E-state index in [2.05, 4.69) is 36.5 Å². The van der Waals surface area contributed by atoms with Gasteiger partial charge in [0.25, 0.3) is 0 Å². The Hall–Kier alpha value is -1.02. The van der Waals surface area contributed by atoms with Gasteiger partial charge in [-0.25, -0.2) is 0 Å². The van der Waals surface area contributed by atoms with Crippen LogP contribution in [0.15, 0.2) is 24.3 Å². The summed E-state index contributed by atoms with van der Waals surface area (Å²) in [5, 5.41) is 12.8. The highest BCUT2D eigenvalue weighted by molar-refractivity contribution is 5.45. The first-order valence-electron chi connectivity index (χ1n) is 5.25. The van der Waals surface area contributed by atoms with E-state index >= 15 is 0 Å². The van der Waals surface area contributed by atoms with Crippen molar-refractivity contribution in [2.24, 2.45) is 0 Å². The van der Waals surface area contributed by atoms with Crippen LogP contribution < -0.4 is 5.32 Å². The largest absolute Gasteiger partial charge is 0.393 e. The minimum atomic E-state index is -0.0991. The molecule has 1 aromatic carbocycles. The molecule has 0 radical (unpaired) electrons. The van der Waals surface area contributed by atoms with Crippen LogP contribution in [0.2, 0.25) is 0 Å². The van der Waals surface area contributed by atoms with Gasteiger partial charge in [0.15, 0.2) is 0 Å². The molecule has 2 rings (SSSR count). The van der Waals surface area contributed by atoms with E-state index in [0.717, 1.165) is 24.9 Å². The molecule has 14 heavy (non-hydrogen) atoms. The highest BCUT2D eigenvalue weighted by Crippen LogP contribution is 2.22. The van der Waals surface area contributed by atoms with Gasteiger partial charge in [0.1, 0.15) is 0 Å². The van der Waals surface area contributed by atoms with E-state index in [-0.39, 0.29) is 6.10 Å². The van der Waals surface area contributed by atoms with Gasteiger partial charge in [0, 0.05) is 11.7 Å². The van der Waals surface area contributed by atoms with E-state index in [1.165, 1.54) is 5.56 Å². The van der Waals surface area contributed by atoms with Crippen molar-refractivity contribution in [2.75, 3.05) is 5.32 Å². The number of aliphatic hydroxyl groups excluding tert-OH is 1. The standard InChI is InChI=1S/C12H17NO/c1-9-2-4-10(5-3-9)13-11-6-7-12(14)8-11/h2-5,11-14H,6-8H2,1H3. The van der Waals surface area contributed by atoms with Crippen LogP contribution in [-0.2, 0) is 0 Å². The molecule has 0 amide bonds. The van der Waals surface area contributed by atoms with Crippen LogP contribution >= 0.6 is 0 Å². The molecule has 1 aromatic rings. The molecule has 1 saturated carbocycles. The van der Waals surface area contributed by atoms with E-state index < -0.39 is 0 Å². The van der Waals surface area contributed by atoms with Gasteiger partial charge < -0.3 is 10.4 Å². The average molecular weight is 191 g/mol. The number of anilines is 1. The van der Waals surface area contributed by atoms with Crippen LogP contribution in [0, 0.1) is 6.92 Å². The molecule has 2 heteroatoms. The first kappa shape index (κ1) is 9.53. The Bertz CT molecular complexity index is 294. The molecule has 76 valence electrons. The van der Waals surface area contributed by atoms with Crippen LogP contribution in [0.5, 0.6) is 0 Å². The predicted octanol–water partition coefficient (Wildman–Crippen LogP) is 2.32. The SMILES string of the molecule is Cc1ccc(NC2CCC(O)C2)cc1. The van der Waals surface area contributed by atoms with Crippen molar-refractivity contribution in [3.05, 3.63) is 29.8 Å². The molecule has 0 heterocycles. The van der Waals surface area contributed by atoms with Gasteiger partial charge in [0.05, 0.1) is 6.10 Å². The van der Waals surface area contributed by atoms with E-state index in [4.69, 9.17) is 0 Å². The summed E-state index contributed by atoms with van der Waals surface area (Å²) in [4.78, 5) is 0. The maximum Gasteiger partial charge on any atom is 0.0560 e. The van der Waals surface area contributed by atoms with Crippen LogP contribution in [0.3, 0.4) is 0 Å². The van der Waals surface area contributed by atoms with E-state index in [1.54, 1.807) is 0 Å². The molecule has 0 bridgehead atoms. The van der Waals surface area contributed by atoms with Gasteiger partial charge in [-0.2, -0.15) is 0 Å². The number of hydrogen-bond acceptors (Lipinski definition) is 2. The highest BCUT2D eigenvalue weighted by atomic mass is 16.3. The number of aryl methyl sites for hydroxylation is 1. The lowest BCUT2D eigenvalue weighted by Gasteiger charge is -2.13. The molecular formula is C12H17NO. The van der Waals surface area contributed by atoms with Crippen molar-refractivity contribution >= 4 is 5.69 Å². The van der Waals surface area contributed by atoms with Crippen LogP contribution in [-0.4, -0.2) is 17.3 Å². The Morgan fingerprint density at radius 1 is 1.21 bits per heavy atom. The highest BCUT2D eigenvalue weighted by Gasteiger charge is 2.22. The monoisotopic (exact) mass is 191 g/mol. The second-order valence-corrected chi connectivity index (χ2v) is 4.17. The van der Waals surface area contributed by atoms with Crippen molar-refractivity contribution in [2.45, 2.75) is 38.3 Å². The zero-order valence-corrected chi connectivity index (χ0v) is 8.53. The van der Waals surface area contributed by atoms with E-state index in [9.17, 15) is 5.11 Å². The zero-order chi connectivity index (χ0) is 9.97. The molecule has 1 fully saturated rings. The molecule has 1 aliphatic rings. The first-order chi connectivity index (χ1) is 6.74. The lowest BCUT2D eigenvalue weighted by Crippen LogP contribution is -2.16. The Morgan fingerprint density at radius 3 is 2.50 bits per heavy atom. The number of hydrogen-bond donors (Lipinski definition) is 2. The fourth-order valence-electron chi connectivity index (χ4n) is 1.97. The third-order valence-corrected chi connectivity index (χ3v) is 2.83. The second-order valence-electron chi connectivity index (χ2n) is 4.17. The number of aliphatic hydroxyl groups is 1. The van der Waals surface area contributed by atoms with Gasteiger partial charge in [-0.05, 0) is 38.3 Å². The van der Waals surface area contributed by atoms with Gasteiger partial charge in [-0.15, -0.1) is 0 Å². The van der Waals surface area contributed by atoms with E-state index in [0.29, 0.717) is 6.04 Å². The summed E-state index contributed by atoms with van der Waals surface area (Å²) in [6.45, 7) is 2.09. The van der Waals surface area contributed by atoms with E-state index in [1.807, 2.05) is 0 Å². The van der Waals surface area contributed by atoms with Crippen molar-refractivity contribution in [3.8, 4) is 0 Å². The molecule has 2 nitrogen and oxygen atoms in total. The Kier molecular flexibility index (Phi) is 2.73. The Labute approximate surface area is 85.0 Å². The van der Waals surface area contributed by atoms with Crippen molar-refractivity contribution in [1.82, 2.24) is 0 Å². The van der Waals surface area contributed by atoms with Crippen LogP contribution in [0.25, 0.3) is 0 Å². The summed E-state index contributed by atoms with van der Waals surface area (Å²) in [7, 11) is 0. The smallest absolute Gasteiger partial charge is 0.0560 e. The molecule has 2 atom stereocenters. The third kappa shape index (κ3) is 2.26. The van der Waals surface area contributed by atoms with Crippen LogP contribution in [0.4, 0.5) is 5.69 Å². The third-order valence-electron chi connectivity index (χ3n) is 2.83. The molecular weight excluding hydrogens is 174 g/mol. The molecule has 2 unspecified atom stereocenters. The molecule has 0 spiro atoms. The summed E-state index contributed by atoms with van der Waals surface area (Å²) in [6, 6.07) is 8.86. The fourth-order valence-corrected chi connectivity index (χ4v) is 1.97. The van der Waals surface area contributed by atoms with Crippen LogP contribution in [0.1, 0.15) is 24.8 Å². The van der Waals surface area contributed by atoms with Gasteiger partial charge >= 0.3 is 0 Å². The Balaban J connectivity index is 1.94. The summed E-state index contributed by atoms with van der Waals surface area (Å²) in [6.07, 6.45) is 2.80. The van der Waals surface area contributed by atoms with Gasteiger partial charge in [-0.3, -0.25) is 0 Å². The normalized spacial score (nSPS) is 26.4. The maximum atomic E-state index is 9.38. The first-order valence-corrected chi connectivity index (χ1v) is 5.25. The number of nitrogens with one attached hydrogen (secondary N) is 1. The predicted molar refractivity (Wildman–Crippen MR) is 58.4 cm³/mol. The molecule has 1 aliphatic carbocycles. The Morgan fingerprint density at radius 2 is 1.93 bits per heavy atom. The lowest BCUT2D eigenvalue weighted by molar-refractivity contribution is 0.182. The molecule has 0 saturated heterocycles. The number of rotatable bonds is 2. The molecule has 2 N–H and O–H groups in total.